The number of carbonyl (C=O) groups excluding carboxylic acids is 1. The minimum Gasteiger partial charge on any atom is -0.497 e. The summed E-state index contributed by atoms with van der Waals surface area (Å²) in [4.78, 5) is 12.1. The fraction of sp³-hybridized carbons (Fsp3) is 0.188. The van der Waals surface area contributed by atoms with Crippen LogP contribution in [0.2, 0.25) is 5.02 Å². The molecule has 2 aromatic carbocycles. The molecule has 0 aliphatic carbocycles. The number of benzene rings is 2. The van der Waals surface area contributed by atoms with Gasteiger partial charge < -0.3 is 10.1 Å². The second kappa shape index (κ2) is 6.59. The van der Waals surface area contributed by atoms with Crippen LogP contribution in [0, 0.1) is 5.82 Å². The zero-order valence-electron chi connectivity index (χ0n) is 11.7. The van der Waals surface area contributed by atoms with Crippen molar-refractivity contribution in [1.29, 1.82) is 0 Å². The molecule has 0 unspecified atom stereocenters. The van der Waals surface area contributed by atoms with Crippen LogP contribution in [0.3, 0.4) is 0 Å². The van der Waals surface area contributed by atoms with Crippen molar-refractivity contribution in [2.75, 3.05) is 7.11 Å². The van der Waals surface area contributed by atoms with Gasteiger partial charge in [0, 0.05) is 5.02 Å². The first-order valence-electron chi connectivity index (χ1n) is 6.41. The van der Waals surface area contributed by atoms with Crippen LogP contribution in [-0.4, -0.2) is 13.0 Å². The first kappa shape index (κ1) is 15.3. The number of halogens is 2. The summed E-state index contributed by atoms with van der Waals surface area (Å²) in [5.74, 6) is -0.379. The Morgan fingerprint density at radius 1 is 1.24 bits per heavy atom. The van der Waals surface area contributed by atoms with Gasteiger partial charge in [-0.15, -0.1) is 0 Å². The molecule has 0 fully saturated rings. The minimum absolute atomic E-state index is 0.0280. The minimum atomic E-state index is -0.637. The van der Waals surface area contributed by atoms with Gasteiger partial charge in [0.2, 0.25) is 0 Å². The maximum atomic E-state index is 13.7. The van der Waals surface area contributed by atoms with Gasteiger partial charge in [-0.25, -0.2) is 4.39 Å². The number of hydrogen-bond donors (Lipinski definition) is 1. The molecular formula is C16H15ClFNO2. The van der Waals surface area contributed by atoms with Gasteiger partial charge in [0.1, 0.15) is 11.6 Å². The Balaban J connectivity index is 2.10. The van der Waals surface area contributed by atoms with E-state index < -0.39 is 11.7 Å². The van der Waals surface area contributed by atoms with E-state index in [0.717, 1.165) is 17.4 Å². The summed E-state index contributed by atoms with van der Waals surface area (Å²) in [5, 5.41) is 3.00. The topological polar surface area (TPSA) is 38.3 Å². The summed E-state index contributed by atoms with van der Waals surface area (Å²) >= 11 is 5.67. The molecule has 0 saturated heterocycles. The second-order valence-electron chi connectivity index (χ2n) is 4.59. The van der Waals surface area contributed by atoms with Crippen molar-refractivity contribution in [3.05, 3.63) is 64.4 Å². The average Bonchev–Trinajstić information content (AvgIpc) is 2.47. The number of rotatable bonds is 4. The Hall–Kier alpha value is -2.07. The molecule has 5 heteroatoms. The zero-order chi connectivity index (χ0) is 15.4. The molecule has 0 heterocycles. The number of carbonyl (C=O) groups is 1. The summed E-state index contributed by atoms with van der Waals surface area (Å²) in [6, 6.07) is 11.0. The number of ether oxygens (including phenoxy) is 1. The number of hydrogen-bond acceptors (Lipinski definition) is 2. The highest BCUT2D eigenvalue weighted by Crippen LogP contribution is 2.19. The molecule has 2 rings (SSSR count). The van der Waals surface area contributed by atoms with E-state index in [2.05, 4.69) is 5.32 Å². The van der Waals surface area contributed by atoms with Crippen LogP contribution in [0.15, 0.2) is 42.5 Å². The number of nitrogens with one attached hydrogen (secondary N) is 1. The molecule has 0 aliphatic rings. The van der Waals surface area contributed by atoms with Crippen molar-refractivity contribution >= 4 is 17.5 Å². The molecule has 2 aromatic rings. The van der Waals surface area contributed by atoms with E-state index >= 15 is 0 Å². The van der Waals surface area contributed by atoms with E-state index in [4.69, 9.17) is 16.3 Å². The third-order valence-electron chi connectivity index (χ3n) is 3.14. The van der Waals surface area contributed by atoms with E-state index in [1.165, 1.54) is 12.1 Å². The Labute approximate surface area is 127 Å². The average molecular weight is 308 g/mol. The van der Waals surface area contributed by atoms with Crippen molar-refractivity contribution < 1.29 is 13.9 Å². The van der Waals surface area contributed by atoms with E-state index in [9.17, 15) is 9.18 Å². The molecule has 1 amide bonds. The first-order valence-corrected chi connectivity index (χ1v) is 6.79. The largest absolute Gasteiger partial charge is 0.497 e. The SMILES string of the molecule is COc1ccc([C@@H](C)NC(=O)c2ccc(Cl)cc2F)cc1. The monoisotopic (exact) mass is 307 g/mol. The predicted octanol–water partition coefficient (Wildman–Crippen LogP) is 3.98. The van der Waals surface area contributed by atoms with Crippen molar-refractivity contribution in [3.63, 3.8) is 0 Å². The lowest BCUT2D eigenvalue weighted by molar-refractivity contribution is 0.0936. The molecular weight excluding hydrogens is 293 g/mol. The molecule has 1 N–H and O–H groups in total. The molecule has 0 saturated carbocycles. The fourth-order valence-corrected chi connectivity index (χ4v) is 2.08. The van der Waals surface area contributed by atoms with Crippen molar-refractivity contribution in [1.82, 2.24) is 5.32 Å². The molecule has 21 heavy (non-hydrogen) atoms. The summed E-state index contributed by atoms with van der Waals surface area (Å²) < 4.78 is 18.8. The Bertz CT molecular complexity index is 643. The molecule has 0 aliphatic heterocycles. The van der Waals surface area contributed by atoms with Crippen LogP contribution in [0.1, 0.15) is 28.9 Å². The molecule has 0 radical (unpaired) electrons. The Kier molecular flexibility index (Phi) is 4.81. The van der Waals surface area contributed by atoms with Gasteiger partial charge in [-0.3, -0.25) is 4.79 Å². The van der Waals surface area contributed by atoms with Gasteiger partial charge in [0.25, 0.3) is 5.91 Å². The summed E-state index contributed by atoms with van der Waals surface area (Å²) in [7, 11) is 1.59. The maximum Gasteiger partial charge on any atom is 0.254 e. The standard InChI is InChI=1S/C16H15ClFNO2/c1-10(11-3-6-13(21-2)7-4-11)19-16(20)14-8-5-12(17)9-15(14)18/h3-10H,1-2H3,(H,19,20)/t10-/m1/s1. The summed E-state index contributed by atoms with van der Waals surface area (Å²) in [6.45, 7) is 1.83. The quantitative estimate of drug-likeness (QED) is 0.928. The third-order valence-corrected chi connectivity index (χ3v) is 3.37. The van der Waals surface area contributed by atoms with Crippen molar-refractivity contribution in [3.8, 4) is 5.75 Å². The molecule has 3 nitrogen and oxygen atoms in total. The van der Waals surface area contributed by atoms with E-state index in [0.29, 0.717) is 0 Å². The smallest absolute Gasteiger partial charge is 0.254 e. The van der Waals surface area contributed by atoms with Gasteiger partial charge >= 0.3 is 0 Å². The Morgan fingerprint density at radius 3 is 2.48 bits per heavy atom. The molecule has 1 atom stereocenters. The van der Waals surface area contributed by atoms with Crippen LogP contribution >= 0.6 is 11.6 Å². The summed E-state index contributed by atoms with van der Waals surface area (Å²) in [5.41, 5.74) is 0.873. The van der Waals surface area contributed by atoms with Crippen LogP contribution in [-0.2, 0) is 0 Å². The second-order valence-corrected chi connectivity index (χ2v) is 5.03. The first-order chi connectivity index (χ1) is 10.0. The molecule has 0 spiro atoms. The van der Waals surface area contributed by atoms with E-state index in [1.807, 2.05) is 19.1 Å². The van der Waals surface area contributed by atoms with Crippen LogP contribution in [0.4, 0.5) is 4.39 Å². The van der Waals surface area contributed by atoms with Gasteiger partial charge in [-0.05, 0) is 42.8 Å². The maximum absolute atomic E-state index is 13.7. The number of methoxy groups -OCH3 is 1. The van der Waals surface area contributed by atoms with Crippen LogP contribution in [0.25, 0.3) is 0 Å². The normalized spacial score (nSPS) is 11.8. The Morgan fingerprint density at radius 2 is 1.90 bits per heavy atom. The van der Waals surface area contributed by atoms with Crippen molar-refractivity contribution in [2.45, 2.75) is 13.0 Å². The van der Waals surface area contributed by atoms with Crippen LogP contribution in [0.5, 0.6) is 5.75 Å². The highest BCUT2D eigenvalue weighted by Gasteiger charge is 2.15. The molecule has 0 bridgehead atoms. The summed E-state index contributed by atoms with van der Waals surface area (Å²) in [6.07, 6.45) is 0. The lowest BCUT2D eigenvalue weighted by atomic mass is 10.1. The zero-order valence-corrected chi connectivity index (χ0v) is 12.4. The lowest BCUT2D eigenvalue weighted by Gasteiger charge is -2.15. The van der Waals surface area contributed by atoms with E-state index in [-0.39, 0.29) is 16.6 Å². The van der Waals surface area contributed by atoms with Gasteiger partial charge in [0.15, 0.2) is 0 Å². The molecule has 110 valence electrons. The fourth-order valence-electron chi connectivity index (χ4n) is 1.92. The predicted molar refractivity (Wildman–Crippen MR) is 80.3 cm³/mol. The van der Waals surface area contributed by atoms with Gasteiger partial charge in [0.05, 0.1) is 18.7 Å². The van der Waals surface area contributed by atoms with Crippen molar-refractivity contribution in [2.24, 2.45) is 0 Å². The molecule has 0 aromatic heterocycles. The third kappa shape index (κ3) is 3.73. The van der Waals surface area contributed by atoms with Gasteiger partial charge in [-0.1, -0.05) is 23.7 Å². The lowest BCUT2D eigenvalue weighted by Crippen LogP contribution is -2.27. The van der Waals surface area contributed by atoms with E-state index in [1.54, 1.807) is 19.2 Å². The number of amides is 1. The van der Waals surface area contributed by atoms with Crippen LogP contribution < -0.4 is 10.1 Å². The van der Waals surface area contributed by atoms with Gasteiger partial charge in [-0.2, -0.15) is 0 Å². The highest BCUT2D eigenvalue weighted by atomic mass is 35.5. The highest BCUT2D eigenvalue weighted by molar-refractivity contribution is 6.30.